The zero-order chi connectivity index (χ0) is 16.8. The van der Waals surface area contributed by atoms with Gasteiger partial charge >= 0.3 is 0 Å². The average Bonchev–Trinajstić information content (AvgIpc) is 2.55. The SMILES string of the molecule is Cc1ccc(NC(=O)[C@H](NC(=O)c2ccccc2)C(C)C)cc1. The molecule has 0 spiro atoms. The highest BCUT2D eigenvalue weighted by Gasteiger charge is 2.24. The number of nitrogens with one attached hydrogen (secondary N) is 2. The molecule has 120 valence electrons. The van der Waals surface area contributed by atoms with Gasteiger partial charge in [0.15, 0.2) is 0 Å². The van der Waals surface area contributed by atoms with E-state index in [1.165, 1.54) is 0 Å². The van der Waals surface area contributed by atoms with Gasteiger partial charge in [0, 0.05) is 11.3 Å². The summed E-state index contributed by atoms with van der Waals surface area (Å²) in [5, 5.41) is 5.67. The monoisotopic (exact) mass is 310 g/mol. The molecule has 0 heterocycles. The molecule has 23 heavy (non-hydrogen) atoms. The lowest BCUT2D eigenvalue weighted by Crippen LogP contribution is -2.47. The largest absolute Gasteiger partial charge is 0.340 e. The predicted molar refractivity (Wildman–Crippen MR) is 92.3 cm³/mol. The van der Waals surface area contributed by atoms with Gasteiger partial charge in [0.25, 0.3) is 5.91 Å². The van der Waals surface area contributed by atoms with E-state index in [9.17, 15) is 9.59 Å². The quantitative estimate of drug-likeness (QED) is 0.889. The van der Waals surface area contributed by atoms with E-state index in [-0.39, 0.29) is 17.7 Å². The number of aryl methyl sites for hydroxylation is 1. The molecule has 0 fully saturated rings. The molecule has 4 nitrogen and oxygen atoms in total. The van der Waals surface area contributed by atoms with Gasteiger partial charge in [0.1, 0.15) is 6.04 Å². The molecule has 2 amide bonds. The van der Waals surface area contributed by atoms with Gasteiger partial charge in [-0.25, -0.2) is 0 Å². The first-order valence-electron chi connectivity index (χ1n) is 7.71. The molecule has 0 saturated heterocycles. The number of benzene rings is 2. The van der Waals surface area contributed by atoms with Crippen molar-refractivity contribution in [2.45, 2.75) is 26.8 Å². The van der Waals surface area contributed by atoms with Crippen LogP contribution in [0.3, 0.4) is 0 Å². The second kappa shape index (κ2) is 7.58. The zero-order valence-corrected chi connectivity index (χ0v) is 13.7. The number of anilines is 1. The minimum Gasteiger partial charge on any atom is -0.340 e. The van der Waals surface area contributed by atoms with Gasteiger partial charge in [-0.3, -0.25) is 9.59 Å². The molecule has 0 aromatic heterocycles. The van der Waals surface area contributed by atoms with E-state index >= 15 is 0 Å². The van der Waals surface area contributed by atoms with Crippen LogP contribution in [0.25, 0.3) is 0 Å². The molecule has 2 aromatic carbocycles. The molecule has 0 aliphatic heterocycles. The highest BCUT2D eigenvalue weighted by Crippen LogP contribution is 2.12. The Labute approximate surface area is 136 Å². The van der Waals surface area contributed by atoms with Gasteiger partial charge < -0.3 is 10.6 Å². The van der Waals surface area contributed by atoms with Gasteiger partial charge in [-0.05, 0) is 37.1 Å². The number of hydrogen-bond donors (Lipinski definition) is 2. The van der Waals surface area contributed by atoms with Gasteiger partial charge in [-0.15, -0.1) is 0 Å². The summed E-state index contributed by atoms with van der Waals surface area (Å²) in [7, 11) is 0. The molecular weight excluding hydrogens is 288 g/mol. The summed E-state index contributed by atoms with van der Waals surface area (Å²) in [5.41, 5.74) is 2.39. The highest BCUT2D eigenvalue weighted by atomic mass is 16.2. The molecule has 2 N–H and O–H groups in total. The average molecular weight is 310 g/mol. The molecule has 4 heteroatoms. The fourth-order valence-electron chi connectivity index (χ4n) is 2.21. The lowest BCUT2D eigenvalue weighted by atomic mass is 10.0. The van der Waals surface area contributed by atoms with Crippen molar-refractivity contribution in [1.82, 2.24) is 5.32 Å². The molecule has 1 atom stereocenters. The highest BCUT2D eigenvalue weighted by molar-refractivity contribution is 6.01. The normalized spacial score (nSPS) is 11.8. The Morgan fingerprint density at radius 1 is 0.913 bits per heavy atom. The lowest BCUT2D eigenvalue weighted by Gasteiger charge is -2.21. The van der Waals surface area contributed by atoms with Crippen molar-refractivity contribution in [3.63, 3.8) is 0 Å². The minimum absolute atomic E-state index is 0.0203. The Bertz CT molecular complexity index is 664. The Morgan fingerprint density at radius 3 is 2.09 bits per heavy atom. The molecule has 0 aliphatic rings. The molecule has 2 rings (SSSR count). The van der Waals surface area contributed by atoms with Crippen molar-refractivity contribution < 1.29 is 9.59 Å². The van der Waals surface area contributed by atoms with Crippen molar-refractivity contribution in [2.75, 3.05) is 5.32 Å². The fourth-order valence-corrected chi connectivity index (χ4v) is 2.21. The van der Waals surface area contributed by atoms with Crippen molar-refractivity contribution >= 4 is 17.5 Å². The third-order valence-corrected chi connectivity index (χ3v) is 3.59. The van der Waals surface area contributed by atoms with Crippen molar-refractivity contribution in [3.8, 4) is 0 Å². The molecule has 0 saturated carbocycles. The van der Waals surface area contributed by atoms with Crippen molar-refractivity contribution in [1.29, 1.82) is 0 Å². The minimum atomic E-state index is -0.594. The van der Waals surface area contributed by atoms with E-state index in [0.717, 1.165) is 11.3 Å². The van der Waals surface area contributed by atoms with E-state index in [4.69, 9.17) is 0 Å². The first-order chi connectivity index (χ1) is 11.0. The number of carbonyl (C=O) groups is 2. The second-order valence-corrected chi connectivity index (χ2v) is 5.92. The smallest absolute Gasteiger partial charge is 0.251 e. The van der Waals surface area contributed by atoms with Gasteiger partial charge in [-0.1, -0.05) is 49.7 Å². The van der Waals surface area contributed by atoms with Crippen molar-refractivity contribution in [2.24, 2.45) is 5.92 Å². The molecule has 0 aliphatic carbocycles. The van der Waals surface area contributed by atoms with E-state index in [1.54, 1.807) is 24.3 Å². The summed E-state index contributed by atoms with van der Waals surface area (Å²) < 4.78 is 0. The Balaban J connectivity index is 2.07. The summed E-state index contributed by atoms with van der Waals surface area (Å²) in [6.45, 7) is 5.80. The molecule has 0 bridgehead atoms. The van der Waals surface area contributed by atoms with Gasteiger partial charge in [0.05, 0.1) is 0 Å². The van der Waals surface area contributed by atoms with Crippen molar-refractivity contribution in [3.05, 3.63) is 65.7 Å². The van der Waals surface area contributed by atoms with E-state index in [2.05, 4.69) is 10.6 Å². The Hall–Kier alpha value is -2.62. The standard InChI is InChI=1S/C19H22N2O2/c1-13(2)17(21-18(22)15-7-5-4-6-8-15)19(23)20-16-11-9-14(3)10-12-16/h4-13,17H,1-3H3,(H,20,23)(H,21,22)/t17-/m1/s1. The van der Waals surface area contributed by atoms with Crippen LogP contribution in [0, 0.1) is 12.8 Å². The van der Waals surface area contributed by atoms with Gasteiger partial charge in [-0.2, -0.15) is 0 Å². The third kappa shape index (κ3) is 4.68. The summed E-state index contributed by atoms with van der Waals surface area (Å²) in [5.74, 6) is -0.482. The Kier molecular flexibility index (Phi) is 5.52. The Morgan fingerprint density at radius 2 is 1.52 bits per heavy atom. The fraction of sp³-hybridized carbons (Fsp3) is 0.263. The van der Waals surface area contributed by atoms with E-state index in [0.29, 0.717) is 5.56 Å². The van der Waals surface area contributed by atoms with Crippen LogP contribution in [-0.2, 0) is 4.79 Å². The van der Waals surface area contributed by atoms with Gasteiger partial charge in [0.2, 0.25) is 5.91 Å². The van der Waals surface area contributed by atoms with Crippen LogP contribution in [0.2, 0.25) is 0 Å². The first kappa shape index (κ1) is 16.7. The zero-order valence-electron chi connectivity index (χ0n) is 13.7. The van der Waals surface area contributed by atoms with Crippen LogP contribution in [0.15, 0.2) is 54.6 Å². The molecule has 0 unspecified atom stereocenters. The summed E-state index contributed by atoms with van der Waals surface area (Å²) in [4.78, 5) is 24.7. The summed E-state index contributed by atoms with van der Waals surface area (Å²) in [6.07, 6.45) is 0. The summed E-state index contributed by atoms with van der Waals surface area (Å²) >= 11 is 0. The first-order valence-corrected chi connectivity index (χ1v) is 7.71. The maximum absolute atomic E-state index is 12.5. The molecule has 0 radical (unpaired) electrons. The predicted octanol–water partition coefficient (Wildman–Crippen LogP) is 3.39. The number of carbonyl (C=O) groups excluding carboxylic acids is 2. The van der Waals surface area contributed by atoms with Crippen LogP contribution >= 0.6 is 0 Å². The number of rotatable bonds is 5. The van der Waals surface area contributed by atoms with Crippen LogP contribution in [0.5, 0.6) is 0 Å². The summed E-state index contributed by atoms with van der Waals surface area (Å²) in [6, 6.07) is 15.9. The van der Waals surface area contributed by atoms with Crippen LogP contribution in [0.4, 0.5) is 5.69 Å². The maximum atomic E-state index is 12.5. The number of hydrogen-bond acceptors (Lipinski definition) is 2. The lowest BCUT2D eigenvalue weighted by molar-refractivity contribution is -0.118. The van der Waals surface area contributed by atoms with Crippen LogP contribution < -0.4 is 10.6 Å². The second-order valence-electron chi connectivity index (χ2n) is 5.92. The van der Waals surface area contributed by atoms with E-state index in [1.807, 2.05) is 51.1 Å². The van der Waals surface area contributed by atoms with Crippen LogP contribution in [0.1, 0.15) is 29.8 Å². The maximum Gasteiger partial charge on any atom is 0.251 e. The third-order valence-electron chi connectivity index (χ3n) is 3.59. The topological polar surface area (TPSA) is 58.2 Å². The number of amides is 2. The van der Waals surface area contributed by atoms with Crippen LogP contribution in [-0.4, -0.2) is 17.9 Å². The molecular formula is C19H22N2O2. The molecule has 2 aromatic rings. The van der Waals surface area contributed by atoms with E-state index < -0.39 is 6.04 Å².